The number of benzene rings is 9. The number of fused-ring (bicyclic) bond motifs is 8. The molecule has 0 aliphatic heterocycles. The fourth-order valence-corrected chi connectivity index (χ4v) is 8.84. The van der Waals surface area contributed by atoms with Crippen molar-refractivity contribution in [3.8, 4) is 44.5 Å². The van der Waals surface area contributed by atoms with E-state index in [4.69, 9.17) is 0 Å². The highest BCUT2D eigenvalue weighted by molar-refractivity contribution is 6.27. The third kappa shape index (κ3) is 3.98. The Kier molecular flexibility index (Phi) is 6.02. The molecule has 0 N–H and O–H groups in total. The first kappa shape index (κ1) is 28.1. The van der Waals surface area contributed by atoms with Crippen molar-refractivity contribution < 1.29 is 0 Å². The second-order valence-electron chi connectivity index (χ2n) is 14.0. The molecule has 0 fully saturated rings. The van der Waals surface area contributed by atoms with E-state index in [2.05, 4.69) is 184 Å². The van der Waals surface area contributed by atoms with E-state index in [1.165, 1.54) is 98.7 Å². The lowest BCUT2D eigenvalue weighted by Crippen LogP contribution is -2.15. The number of hydrogen-bond donors (Lipinski definition) is 0. The summed E-state index contributed by atoms with van der Waals surface area (Å²) in [5.74, 6) is 0. The van der Waals surface area contributed by atoms with E-state index >= 15 is 0 Å². The quantitative estimate of drug-likeness (QED) is 0.172. The Labute approximate surface area is 286 Å². The van der Waals surface area contributed by atoms with Crippen LogP contribution >= 0.6 is 0 Å². The van der Waals surface area contributed by atoms with E-state index in [-0.39, 0.29) is 5.41 Å². The molecule has 0 aromatic heterocycles. The van der Waals surface area contributed by atoms with Gasteiger partial charge in [-0.15, -0.1) is 0 Å². The van der Waals surface area contributed by atoms with Crippen molar-refractivity contribution in [1.82, 2.24) is 0 Å². The molecule has 0 saturated carbocycles. The topological polar surface area (TPSA) is 0 Å². The molecule has 0 saturated heterocycles. The third-order valence-electron chi connectivity index (χ3n) is 11.1. The van der Waals surface area contributed by atoms with Crippen LogP contribution in [0.25, 0.3) is 87.6 Å². The lowest BCUT2D eigenvalue weighted by molar-refractivity contribution is 0.661. The molecule has 0 spiro atoms. The lowest BCUT2D eigenvalue weighted by atomic mass is 9.78. The zero-order valence-corrected chi connectivity index (χ0v) is 27.7. The Morgan fingerprint density at radius 2 is 0.816 bits per heavy atom. The van der Waals surface area contributed by atoms with Crippen LogP contribution in [0.15, 0.2) is 170 Å². The average Bonchev–Trinajstić information content (AvgIpc) is 3.39. The van der Waals surface area contributed by atoms with E-state index < -0.39 is 0 Å². The molecule has 0 bridgehead atoms. The Bertz CT molecular complexity index is 2720. The molecule has 0 heteroatoms. The molecule has 9 aromatic carbocycles. The molecule has 0 amide bonds. The Morgan fingerprint density at radius 3 is 1.49 bits per heavy atom. The van der Waals surface area contributed by atoms with Crippen LogP contribution in [0.5, 0.6) is 0 Å². The Hall–Kier alpha value is -5.98. The van der Waals surface area contributed by atoms with Gasteiger partial charge in [-0.1, -0.05) is 178 Å². The van der Waals surface area contributed by atoms with Gasteiger partial charge in [-0.3, -0.25) is 0 Å². The van der Waals surface area contributed by atoms with Gasteiger partial charge in [-0.25, -0.2) is 0 Å². The average molecular weight is 623 g/mol. The van der Waals surface area contributed by atoms with Gasteiger partial charge in [-0.2, -0.15) is 0 Å². The van der Waals surface area contributed by atoms with Gasteiger partial charge in [-0.05, 0) is 105 Å². The summed E-state index contributed by atoms with van der Waals surface area (Å²) in [6.07, 6.45) is 0. The highest BCUT2D eigenvalue weighted by Gasteiger charge is 2.37. The van der Waals surface area contributed by atoms with Crippen molar-refractivity contribution >= 4 is 43.1 Å². The maximum atomic E-state index is 2.53. The SMILES string of the molecule is CC1(C)c2ccccc2-c2c1cc(-c1c3ccccc3c(-c3c(-c4ccccc4)ccc4ccccc34)c3ccccc13)c1ccccc21. The number of rotatable bonds is 3. The summed E-state index contributed by atoms with van der Waals surface area (Å²) >= 11 is 0. The molecule has 0 nitrogen and oxygen atoms in total. The van der Waals surface area contributed by atoms with Gasteiger partial charge in [0.2, 0.25) is 0 Å². The molecule has 1 aliphatic carbocycles. The number of hydrogen-bond acceptors (Lipinski definition) is 0. The van der Waals surface area contributed by atoms with Gasteiger partial charge in [0.05, 0.1) is 0 Å². The highest BCUT2D eigenvalue weighted by atomic mass is 14.4. The molecule has 230 valence electrons. The minimum atomic E-state index is -0.107. The van der Waals surface area contributed by atoms with Gasteiger partial charge in [0, 0.05) is 5.41 Å². The highest BCUT2D eigenvalue weighted by Crippen LogP contribution is 2.55. The van der Waals surface area contributed by atoms with E-state index in [1.54, 1.807) is 0 Å². The summed E-state index contributed by atoms with van der Waals surface area (Å²) in [7, 11) is 0. The second kappa shape index (κ2) is 10.5. The Morgan fingerprint density at radius 1 is 0.306 bits per heavy atom. The molecule has 9 aromatic rings. The van der Waals surface area contributed by atoms with Crippen molar-refractivity contribution in [2.24, 2.45) is 0 Å². The van der Waals surface area contributed by atoms with Crippen LogP contribution in [0.1, 0.15) is 25.0 Å². The van der Waals surface area contributed by atoms with Crippen molar-refractivity contribution in [2.75, 3.05) is 0 Å². The van der Waals surface area contributed by atoms with Gasteiger partial charge in [0.15, 0.2) is 0 Å². The van der Waals surface area contributed by atoms with Crippen LogP contribution in [-0.4, -0.2) is 0 Å². The first-order chi connectivity index (χ1) is 24.1. The molecular formula is C49H34. The first-order valence-corrected chi connectivity index (χ1v) is 17.3. The molecule has 0 unspecified atom stereocenters. The molecule has 0 radical (unpaired) electrons. The maximum Gasteiger partial charge on any atom is 0.0159 e. The molecule has 10 rings (SSSR count). The lowest BCUT2D eigenvalue weighted by Gasteiger charge is -2.25. The van der Waals surface area contributed by atoms with E-state index in [0.29, 0.717) is 0 Å². The third-order valence-corrected chi connectivity index (χ3v) is 11.1. The van der Waals surface area contributed by atoms with E-state index in [1.807, 2.05) is 0 Å². The van der Waals surface area contributed by atoms with Gasteiger partial charge in [0.25, 0.3) is 0 Å². The predicted octanol–water partition coefficient (Wildman–Crippen LogP) is 13.6. The summed E-state index contributed by atoms with van der Waals surface area (Å²) < 4.78 is 0. The van der Waals surface area contributed by atoms with Crippen LogP contribution in [-0.2, 0) is 5.41 Å². The maximum absolute atomic E-state index is 2.53. The van der Waals surface area contributed by atoms with Crippen molar-refractivity contribution in [2.45, 2.75) is 19.3 Å². The van der Waals surface area contributed by atoms with Crippen LogP contribution in [0.2, 0.25) is 0 Å². The minimum Gasteiger partial charge on any atom is -0.0622 e. The first-order valence-electron chi connectivity index (χ1n) is 17.3. The smallest absolute Gasteiger partial charge is 0.0159 e. The monoisotopic (exact) mass is 622 g/mol. The fourth-order valence-electron chi connectivity index (χ4n) is 8.84. The van der Waals surface area contributed by atoms with Crippen LogP contribution in [0, 0.1) is 0 Å². The van der Waals surface area contributed by atoms with Gasteiger partial charge in [0.1, 0.15) is 0 Å². The summed E-state index contributed by atoms with van der Waals surface area (Å²) in [6, 6.07) is 63.1. The zero-order chi connectivity index (χ0) is 32.7. The van der Waals surface area contributed by atoms with Gasteiger partial charge >= 0.3 is 0 Å². The summed E-state index contributed by atoms with van der Waals surface area (Å²) in [4.78, 5) is 0. The van der Waals surface area contributed by atoms with E-state index in [0.717, 1.165) is 0 Å². The summed E-state index contributed by atoms with van der Waals surface area (Å²) in [6.45, 7) is 4.78. The zero-order valence-electron chi connectivity index (χ0n) is 27.7. The van der Waals surface area contributed by atoms with Gasteiger partial charge < -0.3 is 0 Å². The van der Waals surface area contributed by atoms with Crippen LogP contribution < -0.4 is 0 Å². The molecule has 0 heterocycles. The largest absolute Gasteiger partial charge is 0.0622 e. The predicted molar refractivity (Wildman–Crippen MR) is 210 cm³/mol. The van der Waals surface area contributed by atoms with Crippen LogP contribution in [0.4, 0.5) is 0 Å². The fraction of sp³-hybridized carbons (Fsp3) is 0.0612. The van der Waals surface area contributed by atoms with Crippen molar-refractivity contribution in [3.63, 3.8) is 0 Å². The van der Waals surface area contributed by atoms with Crippen LogP contribution in [0.3, 0.4) is 0 Å². The normalized spacial score (nSPS) is 13.3. The molecule has 0 atom stereocenters. The van der Waals surface area contributed by atoms with Crippen molar-refractivity contribution in [1.29, 1.82) is 0 Å². The van der Waals surface area contributed by atoms with Crippen molar-refractivity contribution in [3.05, 3.63) is 181 Å². The standard InChI is InChI=1S/C49H34/c1-49(2)43-27-15-14-26-41(43)46-36-21-9-8-20-35(36)42(30-44(46)49)45-37-22-10-12-24-39(37)48(40-25-13-11-23-38(40)45)47-33-19-7-6-18-32(33)28-29-34(47)31-16-4-3-5-17-31/h3-30H,1-2H3. The summed E-state index contributed by atoms with van der Waals surface area (Å²) in [5, 5.41) is 10.3. The van der Waals surface area contributed by atoms with E-state index in [9.17, 15) is 0 Å². The Balaban J connectivity index is 1.38. The molecule has 49 heavy (non-hydrogen) atoms. The second-order valence-corrected chi connectivity index (χ2v) is 14.0. The summed E-state index contributed by atoms with van der Waals surface area (Å²) in [5.41, 5.74) is 13.1. The minimum absolute atomic E-state index is 0.107. The molecular weight excluding hydrogens is 589 g/mol. The molecule has 1 aliphatic rings.